The van der Waals surface area contributed by atoms with E-state index in [2.05, 4.69) is 0 Å². The van der Waals surface area contributed by atoms with Crippen molar-refractivity contribution in [3.05, 3.63) is 82.7 Å². The van der Waals surface area contributed by atoms with Crippen LogP contribution in [0.25, 0.3) is 10.8 Å². The summed E-state index contributed by atoms with van der Waals surface area (Å²) in [6.07, 6.45) is -3.11. The van der Waals surface area contributed by atoms with Crippen molar-refractivity contribution >= 4 is 10.8 Å². The molecule has 0 radical (unpaired) electrons. The second kappa shape index (κ2) is 10.2. The third-order valence-corrected chi connectivity index (χ3v) is 5.99. The quantitative estimate of drug-likeness (QED) is 0.376. The van der Waals surface area contributed by atoms with Crippen molar-refractivity contribution in [2.24, 2.45) is 5.92 Å². The predicted octanol–water partition coefficient (Wildman–Crippen LogP) is 6.48. The first kappa shape index (κ1) is 23.7. The fourth-order valence-corrected chi connectivity index (χ4v) is 4.02. The maximum absolute atomic E-state index is 15.1. The molecule has 0 aromatic heterocycles. The summed E-state index contributed by atoms with van der Waals surface area (Å²) in [4.78, 5) is 0. The number of hydrogen-bond donors (Lipinski definition) is 0. The molecule has 3 nitrogen and oxygen atoms in total. The average Bonchev–Trinajstić information content (AvgIpc) is 2.82. The van der Waals surface area contributed by atoms with Crippen LogP contribution in [0.5, 0.6) is 0 Å². The van der Waals surface area contributed by atoms with Crippen LogP contribution in [-0.4, -0.2) is 26.9 Å². The molecule has 4 rings (SSSR count). The molecule has 176 valence electrons. The molecule has 3 aromatic carbocycles. The van der Waals surface area contributed by atoms with Gasteiger partial charge in [0, 0.05) is 30.6 Å². The minimum Gasteiger partial charge on any atom is -0.385 e. The normalized spacial score (nSPS) is 19.2. The smallest absolute Gasteiger partial charge is 0.385 e. The molecule has 1 fully saturated rings. The van der Waals surface area contributed by atoms with E-state index in [4.69, 9.17) is 14.2 Å². The molecule has 0 spiro atoms. The van der Waals surface area contributed by atoms with Crippen LogP contribution in [0.2, 0.25) is 0 Å². The fraction of sp³-hybridized carbons (Fsp3) is 0.385. The predicted molar refractivity (Wildman–Crippen MR) is 117 cm³/mol. The van der Waals surface area contributed by atoms with Crippen LogP contribution in [-0.2, 0) is 33.2 Å². The Morgan fingerprint density at radius 2 is 1.67 bits per heavy atom. The molecule has 1 aliphatic heterocycles. The third kappa shape index (κ3) is 5.72. The highest BCUT2D eigenvalue weighted by molar-refractivity contribution is 5.84. The number of aryl methyl sites for hydroxylation is 2. The second-order valence-electron chi connectivity index (χ2n) is 8.36. The standard InChI is InChI=1S/C26H26F4O3/c1-31-13-12-18-15-32-25(33-16-18)21-8-11-23-20(14-21)7-6-19(24(23)27)5-2-17-3-9-22(10-4-17)26(28,29)30/h3-4,6-11,14,18,25H,2,5,12-13,15-16H2,1H3. The lowest BCUT2D eigenvalue weighted by Gasteiger charge is -2.29. The molecule has 33 heavy (non-hydrogen) atoms. The molecule has 0 atom stereocenters. The Labute approximate surface area is 190 Å². The van der Waals surface area contributed by atoms with Gasteiger partial charge in [0.05, 0.1) is 18.8 Å². The van der Waals surface area contributed by atoms with Gasteiger partial charge in [-0.2, -0.15) is 13.2 Å². The monoisotopic (exact) mass is 462 g/mol. The molecule has 0 unspecified atom stereocenters. The second-order valence-corrected chi connectivity index (χ2v) is 8.36. The van der Waals surface area contributed by atoms with Crippen LogP contribution in [0.3, 0.4) is 0 Å². The van der Waals surface area contributed by atoms with Crippen LogP contribution in [0.15, 0.2) is 54.6 Å². The summed E-state index contributed by atoms with van der Waals surface area (Å²) >= 11 is 0. The summed E-state index contributed by atoms with van der Waals surface area (Å²) < 4.78 is 70.0. The van der Waals surface area contributed by atoms with Crippen LogP contribution in [0.1, 0.15) is 35.0 Å². The SMILES string of the molecule is COCCC1COC(c2ccc3c(F)c(CCc4ccc(C(F)(F)F)cc4)ccc3c2)OC1. The zero-order valence-corrected chi connectivity index (χ0v) is 18.3. The van der Waals surface area contributed by atoms with Gasteiger partial charge in [-0.1, -0.05) is 36.4 Å². The minimum absolute atomic E-state index is 0.298. The Balaban J connectivity index is 1.42. The molecular formula is C26H26F4O3. The maximum Gasteiger partial charge on any atom is 0.416 e. The van der Waals surface area contributed by atoms with Gasteiger partial charge in [-0.15, -0.1) is 0 Å². The van der Waals surface area contributed by atoms with Gasteiger partial charge in [-0.3, -0.25) is 0 Å². The van der Waals surface area contributed by atoms with E-state index >= 15 is 4.39 Å². The number of fused-ring (bicyclic) bond motifs is 1. The largest absolute Gasteiger partial charge is 0.416 e. The summed E-state index contributed by atoms with van der Waals surface area (Å²) in [6, 6.07) is 14.0. The molecule has 7 heteroatoms. The number of benzene rings is 3. The Morgan fingerprint density at radius 3 is 2.33 bits per heavy atom. The van der Waals surface area contributed by atoms with E-state index in [1.54, 1.807) is 19.2 Å². The first-order valence-electron chi connectivity index (χ1n) is 10.9. The van der Waals surface area contributed by atoms with E-state index in [0.717, 1.165) is 35.1 Å². The topological polar surface area (TPSA) is 27.7 Å². The molecular weight excluding hydrogens is 436 g/mol. The minimum atomic E-state index is -4.36. The van der Waals surface area contributed by atoms with Gasteiger partial charge in [0.25, 0.3) is 0 Å². The highest BCUT2D eigenvalue weighted by atomic mass is 19.4. The number of rotatable bonds is 7. The molecule has 0 amide bonds. The number of ether oxygens (including phenoxy) is 3. The molecule has 0 bridgehead atoms. The molecule has 0 N–H and O–H groups in total. The first-order chi connectivity index (χ1) is 15.8. The molecule has 1 saturated heterocycles. The molecule has 1 aliphatic rings. The summed E-state index contributed by atoms with van der Waals surface area (Å²) in [5.74, 6) is -0.0117. The Bertz CT molecular complexity index is 1070. The molecule has 0 aliphatic carbocycles. The Morgan fingerprint density at radius 1 is 0.939 bits per heavy atom. The van der Waals surface area contributed by atoms with Gasteiger partial charge < -0.3 is 14.2 Å². The molecule has 0 saturated carbocycles. The van der Waals surface area contributed by atoms with E-state index in [-0.39, 0.29) is 5.82 Å². The van der Waals surface area contributed by atoms with E-state index in [0.29, 0.717) is 49.5 Å². The van der Waals surface area contributed by atoms with Crippen LogP contribution in [0, 0.1) is 11.7 Å². The molecule has 3 aromatic rings. The Kier molecular flexibility index (Phi) is 7.32. The zero-order valence-electron chi connectivity index (χ0n) is 18.3. The van der Waals surface area contributed by atoms with Crippen LogP contribution in [0.4, 0.5) is 17.6 Å². The van der Waals surface area contributed by atoms with Gasteiger partial charge in [0.2, 0.25) is 0 Å². The first-order valence-corrected chi connectivity index (χ1v) is 10.9. The van der Waals surface area contributed by atoms with Crippen LogP contribution >= 0.6 is 0 Å². The van der Waals surface area contributed by atoms with E-state index < -0.39 is 18.0 Å². The van der Waals surface area contributed by atoms with Crippen molar-refractivity contribution in [2.75, 3.05) is 26.9 Å². The highest BCUT2D eigenvalue weighted by Gasteiger charge is 2.30. The van der Waals surface area contributed by atoms with Crippen molar-refractivity contribution in [2.45, 2.75) is 31.7 Å². The van der Waals surface area contributed by atoms with Gasteiger partial charge >= 0.3 is 6.18 Å². The number of hydrogen-bond acceptors (Lipinski definition) is 3. The van der Waals surface area contributed by atoms with E-state index in [1.807, 2.05) is 18.2 Å². The van der Waals surface area contributed by atoms with Crippen molar-refractivity contribution in [1.82, 2.24) is 0 Å². The van der Waals surface area contributed by atoms with E-state index in [1.165, 1.54) is 12.1 Å². The maximum atomic E-state index is 15.1. The van der Waals surface area contributed by atoms with Crippen molar-refractivity contribution < 1.29 is 31.8 Å². The molecule has 1 heterocycles. The number of halogens is 4. The lowest BCUT2D eigenvalue weighted by Crippen LogP contribution is -2.27. The van der Waals surface area contributed by atoms with Crippen molar-refractivity contribution in [3.8, 4) is 0 Å². The summed E-state index contributed by atoms with van der Waals surface area (Å²) in [6.45, 7) is 1.84. The number of methoxy groups -OCH3 is 1. The van der Waals surface area contributed by atoms with Gasteiger partial charge in [0.15, 0.2) is 6.29 Å². The van der Waals surface area contributed by atoms with Crippen molar-refractivity contribution in [1.29, 1.82) is 0 Å². The fourth-order valence-electron chi connectivity index (χ4n) is 4.02. The Hall–Kier alpha value is -2.48. The van der Waals surface area contributed by atoms with Crippen LogP contribution < -0.4 is 0 Å². The lowest BCUT2D eigenvalue weighted by atomic mass is 9.98. The van der Waals surface area contributed by atoms with Gasteiger partial charge in [0.1, 0.15) is 5.82 Å². The summed E-state index contributed by atoms with van der Waals surface area (Å²) in [5, 5.41) is 1.24. The van der Waals surface area contributed by atoms with Gasteiger partial charge in [-0.25, -0.2) is 4.39 Å². The van der Waals surface area contributed by atoms with Crippen molar-refractivity contribution in [3.63, 3.8) is 0 Å². The highest BCUT2D eigenvalue weighted by Crippen LogP contribution is 2.31. The van der Waals surface area contributed by atoms with E-state index in [9.17, 15) is 13.2 Å². The average molecular weight is 462 g/mol. The van der Waals surface area contributed by atoms with Gasteiger partial charge in [-0.05, 0) is 54.0 Å². The number of alkyl halides is 3. The summed E-state index contributed by atoms with van der Waals surface area (Å²) in [7, 11) is 1.67. The lowest BCUT2D eigenvalue weighted by molar-refractivity contribution is -0.207. The zero-order chi connectivity index (χ0) is 23.4. The summed E-state index contributed by atoms with van der Waals surface area (Å²) in [5.41, 5.74) is 1.41. The third-order valence-electron chi connectivity index (χ3n) is 5.99.